The molecule has 0 amide bonds. The van der Waals surface area contributed by atoms with Gasteiger partial charge in [-0.3, -0.25) is 0 Å². The van der Waals surface area contributed by atoms with E-state index in [0.29, 0.717) is 11.3 Å². The lowest BCUT2D eigenvalue weighted by Crippen LogP contribution is -2.08. The topological polar surface area (TPSA) is 75.0 Å². The maximum Gasteiger partial charge on any atom is 0.379 e. The number of carbonyl (C=O) groups is 2. The van der Waals surface area contributed by atoms with Crippen molar-refractivity contribution in [3.05, 3.63) is 54.0 Å². The summed E-state index contributed by atoms with van der Waals surface area (Å²) in [6.07, 6.45) is 4.23. The minimum atomic E-state index is -0.624. The summed E-state index contributed by atoms with van der Waals surface area (Å²) in [5, 5.41) is 0. The van der Waals surface area contributed by atoms with Crippen LogP contribution in [-0.2, 0) is 9.53 Å². The number of ether oxygens (including phenoxy) is 3. The highest BCUT2D eigenvalue weighted by molar-refractivity contribution is 5.89. The van der Waals surface area contributed by atoms with Crippen molar-refractivity contribution < 1.29 is 28.2 Å². The molecule has 22 heavy (non-hydrogen) atoms. The Bertz CT molecular complexity index is 685. The van der Waals surface area contributed by atoms with Gasteiger partial charge in [-0.05, 0) is 35.9 Å². The molecule has 1 heterocycles. The summed E-state index contributed by atoms with van der Waals surface area (Å²) in [7, 11) is 2.75. The summed E-state index contributed by atoms with van der Waals surface area (Å²) in [5.74, 6) is -0.392. The molecule has 0 unspecified atom stereocenters. The van der Waals surface area contributed by atoms with Gasteiger partial charge in [-0.1, -0.05) is 6.07 Å². The average molecular weight is 302 g/mol. The molecule has 0 fully saturated rings. The van der Waals surface area contributed by atoms with Gasteiger partial charge in [0.05, 0.1) is 20.5 Å². The van der Waals surface area contributed by atoms with Crippen molar-refractivity contribution in [1.82, 2.24) is 0 Å². The van der Waals surface area contributed by atoms with Gasteiger partial charge in [0.1, 0.15) is 0 Å². The zero-order valence-electron chi connectivity index (χ0n) is 12.1. The van der Waals surface area contributed by atoms with Crippen molar-refractivity contribution in [1.29, 1.82) is 0 Å². The Morgan fingerprint density at radius 2 is 1.95 bits per heavy atom. The van der Waals surface area contributed by atoms with Gasteiger partial charge in [-0.15, -0.1) is 0 Å². The van der Waals surface area contributed by atoms with Gasteiger partial charge in [0, 0.05) is 6.08 Å². The lowest BCUT2D eigenvalue weighted by molar-refractivity contribution is -0.134. The van der Waals surface area contributed by atoms with Crippen LogP contribution in [0.3, 0.4) is 0 Å². The molecule has 0 aliphatic carbocycles. The zero-order valence-corrected chi connectivity index (χ0v) is 12.1. The fourth-order valence-corrected chi connectivity index (χ4v) is 1.65. The number of rotatable bonds is 5. The van der Waals surface area contributed by atoms with E-state index in [1.54, 1.807) is 30.3 Å². The Hall–Kier alpha value is -3.02. The summed E-state index contributed by atoms with van der Waals surface area (Å²) in [6.45, 7) is 0. The highest BCUT2D eigenvalue weighted by Gasteiger charge is 2.14. The third kappa shape index (κ3) is 3.76. The summed E-state index contributed by atoms with van der Waals surface area (Å²) in [5.41, 5.74) is 0.694. The van der Waals surface area contributed by atoms with Gasteiger partial charge in [0.15, 0.2) is 11.5 Å². The molecular weight excluding hydrogens is 288 g/mol. The van der Waals surface area contributed by atoms with Crippen molar-refractivity contribution in [2.75, 3.05) is 14.2 Å². The van der Waals surface area contributed by atoms with Gasteiger partial charge in [-0.25, -0.2) is 9.59 Å². The fourth-order valence-electron chi connectivity index (χ4n) is 1.65. The fraction of sp³-hybridized carbons (Fsp3) is 0.125. The van der Waals surface area contributed by atoms with E-state index in [9.17, 15) is 9.59 Å². The highest BCUT2D eigenvalue weighted by atomic mass is 16.6. The molecule has 6 nitrogen and oxygen atoms in total. The summed E-state index contributed by atoms with van der Waals surface area (Å²) >= 11 is 0. The third-order valence-electron chi connectivity index (χ3n) is 2.73. The molecule has 2 rings (SSSR count). The van der Waals surface area contributed by atoms with Crippen molar-refractivity contribution >= 4 is 18.0 Å². The van der Waals surface area contributed by atoms with Crippen LogP contribution in [0.2, 0.25) is 0 Å². The third-order valence-corrected chi connectivity index (χ3v) is 2.73. The van der Waals surface area contributed by atoms with Gasteiger partial charge in [0.2, 0.25) is 5.76 Å². The number of esters is 2. The van der Waals surface area contributed by atoms with Gasteiger partial charge in [-0.2, -0.15) is 0 Å². The lowest BCUT2D eigenvalue weighted by atomic mass is 10.2. The SMILES string of the molecule is COC(=O)/C=C/c1ccc(OC(=O)c2ccco2)c(OC)c1. The van der Waals surface area contributed by atoms with Crippen molar-refractivity contribution in [3.8, 4) is 11.5 Å². The molecular formula is C16H14O6. The number of hydrogen-bond acceptors (Lipinski definition) is 6. The highest BCUT2D eigenvalue weighted by Crippen LogP contribution is 2.29. The molecule has 114 valence electrons. The van der Waals surface area contributed by atoms with Crippen LogP contribution >= 0.6 is 0 Å². The zero-order chi connectivity index (χ0) is 15.9. The van der Waals surface area contributed by atoms with Gasteiger partial charge < -0.3 is 18.6 Å². The normalized spacial score (nSPS) is 10.5. The molecule has 0 saturated carbocycles. The smallest absolute Gasteiger partial charge is 0.379 e. The van der Waals surface area contributed by atoms with Crippen LogP contribution in [0.4, 0.5) is 0 Å². The molecule has 1 aromatic heterocycles. The molecule has 0 radical (unpaired) electrons. The van der Waals surface area contributed by atoms with Crippen LogP contribution in [0.25, 0.3) is 6.08 Å². The van der Waals surface area contributed by atoms with Crippen molar-refractivity contribution in [2.24, 2.45) is 0 Å². The van der Waals surface area contributed by atoms with Crippen LogP contribution in [0.5, 0.6) is 11.5 Å². The number of benzene rings is 1. The Labute approximate surface area is 126 Å². The molecule has 2 aromatic rings. The molecule has 0 bridgehead atoms. The summed E-state index contributed by atoms with van der Waals surface area (Å²) in [6, 6.07) is 7.96. The quantitative estimate of drug-likeness (QED) is 0.480. The summed E-state index contributed by atoms with van der Waals surface area (Å²) < 4.78 is 19.9. The first kappa shape index (κ1) is 15.4. The van der Waals surface area contributed by atoms with Crippen LogP contribution < -0.4 is 9.47 Å². The minimum absolute atomic E-state index is 0.0942. The van der Waals surface area contributed by atoms with E-state index in [1.165, 1.54) is 32.6 Å². The maximum absolute atomic E-state index is 11.8. The Balaban J connectivity index is 2.17. The number of furan rings is 1. The Morgan fingerprint density at radius 3 is 2.59 bits per heavy atom. The molecule has 0 atom stereocenters. The molecule has 0 saturated heterocycles. The molecule has 0 aliphatic heterocycles. The minimum Gasteiger partial charge on any atom is -0.493 e. The van der Waals surface area contributed by atoms with Crippen molar-refractivity contribution in [3.63, 3.8) is 0 Å². The second-order valence-corrected chi connectivity index (χ2v) is 4.13. The number of methoxy groups -OCH3 is 2. The van der Waals surface area contributed by atoms with Gasteiger partial charge in [0.25, 0.3) is 0 Å². The van der Waals surface area contributed by atoms with Crippen LogP contribution in [0, 0.1) is 0 Å². The number of hydrogen-bond donors (Lipinski definition) is 0. The van der Waals surface area contributed by atoms with E-state index in [0.717, 1.165) is 0 Å². The van der Waals surface area contributed by atoms with E-state index in [1.807, 2.05) is 0 Å². The van der Waals surface area contributed by atoms with E-state index in [4.69, 9.17) is 13.9 Å². The molecule has 6 heteroatoms. The molecule has 0 spiro atoms. The first-order chi connectivity index (χ1) is 10.6. The summed E-state index contributed by atoms with van der Waals surface area (Å²) in [4.78, 5) is 22.9. The predicted molar refractivity (Wildman–Crippen MR) is 77.7 cm³/mol. The van der Waals surface area contributed by atoms with Crippen LogP contribution in [-0.4, -0.2) is 26.2 Å². The van der Waals surface area contributed by atoms with Crippen LogP contribution in [0.15, 0.2) is 47.1 Å². The maximum atomic E-state index is 11.8. The molecule has 0 aliphatic rings. The van der Waals surface area contributed by atoms with E-state index < -0.39 is 11.9 Å². The second kappa shape index (κ2) is 7.12. The van der Waals surface area contributed by atoms with E-state index in [2.05, 4.69) is 4.74 Å². The number of carbonyl (C=O) groups excluding carboxylic acids is 2. The Kier molecular flexibility index (Phi) is 4.98. The first-order valence-electron chi connectivity index (χ1n) is 6.34. The van der Waals surface area contributed by atoms with Crippen molar-refractivity contribution in [2.45, 2.75) is 0 Å². The van der Waals surface area contributed by atoms with E-state index in [-0.39, 0.29) is 11.5 Å². The Morgan fingerprint density at radius 1 is 1.14 bits per heavy atom. The molecule has 1 aromatic carbocycles. The predicted octanol–water partition coefficient (Wildman–Crippen LogP) is 2.69. The largest absolute Gasteiger partial charge is 0.493 e. The standard InChI is InChI=1S/C16H14O6/c1-19-14-10-11(6-8-15(17)20-2)5-7-12(14)22-16(18)13-4-3-9-21-13/h3-10H,1-2H3/b8-6+. The van der Waals surface area contributed by atoms with Gasteiger partial charge >= 0.3 is 11.9 Å². The average Bonchev–Trinajstić information content (AvgIpc) is 3.08. The van der Waals surface area contributed by atoms with E-state index >= 15 is 0 Å². The first-order valence-corrected chi connectivity index (χ1v) is 6.34. The monoisotopic (exact) mass is 302 g/mol. The molecule has 0 N–H and O–H groups in total. The second-order valence-electron chi connectivity index (χ2n) is 4.13. The lowest BCUT2D eigenvalue weighted by Gasteiger charge is -2.09. The van der Waals surface area contributed by atoms with Crippen LogP contribution in [0.1, 0.15) is 16.1 Å².